The molecular formula is C16H13F3N2O3. The van der Waals surface area contributed by atoms with Crippen molar-refractivity contribution in [3.8, 4) is 5.75 Å². The monoisotopic (exact) mass is 338 g/mol. The summed E-state index contributed by atoms with van der Waals surface area (Å²) in [5.74, 6) is 0.0831. The fourth-order valence-corrected chi connectivity index (χ4v) is 1.96. The van der Waals surface area contributed by atoms with Crippen LogP contribution in [-0.4, -0.2) is 19.4 Å². The van der Waals surface area contributed by atoms with E-state index in [0.29, 0.717) is 17.5 Å². The van der Waals surface area contributed by atoms with Gasteiger partial charge >= 0.3 is 12.2 Å². The van der Waals surface area contributed by atoms with E-state index in [9.17, 15) is 22.8 Å². The largest absolute Gasteiger partial charge is 0.495 e. The zero-order chi connectivity index (χ0) is 17.7. The van der Waals surface area contributed by atoms with Gasteiger partial charge in [0.15, 0.2) is 0 Å². The number of methoxy groups -OCH3 is 1. The van der Waals surface area contributed by atoms with E-state index in [0.717, 1.165) is 18.2 Å². The van der Waals surface area contributed by atoms with Crippen molar-refractivity contribution in [2.75, 3.05) is 17.7 Å². The zero-order valence-electron chi connectivity index (χ0n) is 12.5. The molecule has 2 amide bonds. The van der Waals surface area contributed by atoms with Gasteiger partial charge in [0.1, 0.15) is 12.0 Å². The lowest BCUT2D eigenvalue weighted by Gasteiger charge is -2.14. The molecule has 0 aliphatic carbocycles. The highest BCUT2D eigenvalue weighted by molar-refractivity contribution is 6.01. The number of hydrogen-bond donors (Lipinski definition) is 2. The molecule has 2 rings (SSSR count). The predicted molar refractivity (Wildman–Crippen MR) is 82.5 cm³/mol. The first kappa shape index (κ1) is 17.3. The average molecular weight is 338 g/mol. The zero-order valence-corrected chi connectivity index (χ0v) is 12.5. The van der Waals surface area contributed by atoms with Crippen molar-refractivity contribution in [1.29, 1.82) is 0 Å². The van der Waals surface area contributed by atoms with Gasteiger partial charge in [0.25, 0.3) is 0 Å². The fourth-order valence-electron chi connectivity index (χ4n) is 1.96. The maximum absolute atomic E-state index is 12.8. The molecule has 2 N–H and O–H groups in total. The van der Waals surface area contributed by atoms with Crippen LogP contribution in [0.2, 0.25) is 0 Å². The highest BCUT2D eigenvalue weighted by Crippen LogP contribution is 2.34. The van der Waals surface area contributed by atoms with E-state index < -0.39 is 17.8 Å². The van der Waals surface area contributed by atoms with Crippen molar-refractivity contribution in [2.24, 2.45) is 0 Å². The Bertz CT molecular complexity index is 760. The van der Waals surface area contributed by atoms with Gasteiger partial charge < -0.3 is 15.4 Å². The lowest BCUT2D eigenvalue weighted by atomic mass is 10.2. The molecule has 0 aromatic heterocycles. The molecule has 0 saturated carbocycles. The standard InChI is InChI=1S/C16H13F3N2O3/c1-24-14-6-5-11(16(17,18)19)8-13(14)21-15(23)20-12-4-2-3-10(7-12)9-22/h2-9H,1H3,(H2,20,21,23). The third kappa shape index (κ3) is 4.25. The van der Waals surface area contributed by atoms with Crippen LogP contribution >= 0.6 is 0 Å². The normalized spacial score (nSPS) is 10.8. The Labute approximate surface area is 135 Å². The van der Waals surface area contributed by atoms with Crippen molar-refractivity contribution >= 4 is 23.7 Å². The number of carbonyl (C=O) groups is 2. The van der Waals surface area contributed by atoms with E-state index in [2.05, 4.69) is 10.6 Å². The number of alkyl halides is 3. The van der Waals surface area contributed by atoms with Crippen molar-refractivity contribution in [3.05, 3.63) is 53.6 Å². The van der Waals surface area contributed by atoms with Gasteiger partial charge in [0, 0.05) is 11.3 Å². The number of halogens is 3. The van der Waals surface area contributed by atoms with Gasteiger partial charge in [-0.25, -0.2) is 4.79 Å². The summed E-state index contributed by atoms with van der Waals surface area (Å²) < 4.78 is 43.3. The van der Waals surface area contributed by atoms with Crippen molar-refractivity contribution in [1.82, 2.24) is 0 Å². The summed E-state index contributed by atoms with van der Waals surface area (Å²) in [6.45, 7) is 0. The van der Waals surface area contributed by atoms with Crippen LogP contribution in [0.5, 0.6) is 5.75 Å². The van der Waals surface area contributed by atoms with Gasteiger partial charge in [0.05, 0.1) is 18.4 Å². The van der Waals surface area contributed by atoms with E-state index in [4.69, 9.17) is 4.74 Å². The highest BCUT2D eigenvalue weighted by Gasteiger charge is 2.31. The molecule has 0 spiro atoms. The third-order valence-corrected chi connectivity index (χ3v) is 3.06. The topological polar surface area (TPSA) is 67.4 Å². The molecule has 8 heteroatoms. The van der Waals surface area contributed by atoms with Crippen LogP contribution in [0.25, 0.3) is 0 Å². The number of amides is 2. The highest BCUT2D eigenvalue weighted by atomic mass is 19.4. The van der Waals surface area contributed by atoms with E-state index in [1.54, 1.807) is 12.1 Å². The number of benzene rings is 2. The summed E-state index contributed by atoms with van der Waals surface area (Å²) in [4.78, 5) is 22.7. The molecule has 0 atom stereocenters. The van der Waals surface area contributed by atoms with E-state index in [1.165, 1.54) is 19.2 Å². The van der Waals surface area contributed by atoms with Gasteiger partial charge in [-0.2, -0.15) is 13.2 Å². The summed E-state index contributed by atoms with van der Waals surface area (Å²) >= 11 is 0. The molecule has 0 heterocycles. The van der Waals surface area contributed by atoms with Crippen LogP contribution in [0.4, 0.5) is 29.3 Å². The number of carbonyl (C=O) groups excluding carboxylic acids is 2. The Morgan fingerprint density at radius 3 is 2.50 bits per heavy atom. The Balaban J connectivity index is 2.19. The number of aldehydes is 1. The summed E-state index contributed by atoms with van der Waals surface area (Å²) in [6, 6.07) is 8.05. The number of anilines is 2. The summed E-state index contributed by atoms with van der Waals surface area (Å²) in [6.07, 6.45) is -3.93. The molecule has 0 saturated heterocycles. The maximum Gasteiger partial charge on any atom is 0.416 e. The van der Waals surface area contributed by atoms with Gasteiger partial charge in [-0.15, -0.1) is 0 Å². The number of nitrogens with one attached hydrogen (secondary N) is 2. The molecule has 0 unspecified atom stereocenters. The van der Waals surface area contributed by atoms with E-state index >= 15 is 0 Å². The fraction of sp³-hybridized carbons (Fsp3) is 0.125. The van der Waals surface area contributed by atoms with Crippen LogP contribution in [0, 0.1) is 0 Å². The lowest BCUT2D eigenvalue weighted by Crippen LogP contribution is -2.20. The summed E-state index contributed by atoms with van der Waals surface area (Å²) in [5.41, 5.74) is -0.370. The molecule has 24 heavy (non-hydrogen) atoms. The van der Waals surface area contributed by atoms with E-state index in [-0.39, 0.29) is 11.4 Å². The maximum atomic E-state index is 12.8. The minimum atomic E-state index is -4.54. The van der Waals surface area contributed by atoms with E-state index in [1.807, 2.05) is 0 Å². The Morgan fingerprint density at radius 2 is 1.88 bits per heavy atom. The van der Waals surface area contributed by atoms with Gasteiger partial charge in [-0.05, 0) is 30.3 Å². The quantitative estimate of drug-likeness (QED) is 0.822. The number of rotatable bonds is 4. The lowest BCUT2D eigenvalue weighted by molar-refractivity contribution is -0.137. The molecule has 0 fully saturated rings. The number of ether oxygens (including phenoxy) is 1. The van der Waals surface area contributed by atoms with Crippen molar-refractivity contribution in [2.45, 2.75) is 6.18 Å². The molecule has 5 nitrogen and oxygen atoms in total. The van der Waals surface area contributed by atoms with Gasteiger partial charge in [-0.1, -0.05) is 12.1 Å². The molecular weight excluding hydrogens is 325 g/mol. The number of hydrogen-bond acceptors (Lipinski definition) is 3. The second-order valence-corrected chi connectivity index (χ2v) is 4.74. The van der Waals surface area contributed by atoms with Gasteiger partial charge in [0.2, 0.25) is 0 Å². The minimum absolute atomic E-state index is 0.0831. The molecule has 2 aromatic rings. The predicted octanol–water partition coefficient (Wildman–Crippen LogP) is 4.17. The molecule has 0 bridgehead atoms. The van der Waals surface area contributed by atoms with Crippen molar-refractivity contribution in [3.63, 3.8) is 0 Å². The first-order valence-electron chi connectivity index (χ1n) is 6.72. The Hall–Kier alpha value is -3.03. The van der Waals surface area contributed by atoms with Crippen LogP contribution < -0.4 is 15.4 Å². The van der Waals surface area contributed by atoms with Crippen LogP contribution in [0.3, 0.4) is 0 Å². The minimum Gasteiger partial charge on any atom is -0.495 e. The third-order valence-electron chi connectivity index (χ3n) is 3.06. The first-order valence-corrected chi connectivity index (χ1v) is 6.72. The molecule has 0 radical (unpaired) electrons. The van der Waals surface area contributed by atoms with Crippen LogP contribution in [-0.2, 0) is 6.18 Å². The SMILES string of the molecule is COc1ccc(C(F)(F)F)cc1NC(=O)Nc1cccc(C=O)c1. The second kappa shape index (κ2) is 7.03. The summed E-state index contributed by atoms with van der Waals surface area (Å²) in [5, 5.41) is 4.73. The van der Waals surface area contributed by atoms with Gasteiger partial charge in [-0.3, -0.25) is 4.79 Å². The Kier molecular flexibility index (Phi) is 5.08. The first-order chi connectivity index (χ1) is 11.3. The molecule has 0 aliphatic rings. The molecule has 126 valence electrons. The van der Waals surface area contributed by atoms with Crippen molar-refractivity contribution < 1.29 is 27.5 Å². The average Bonchev–Trinajstić information content (AvgIpc) is 2.54. The Morgan fingerprint density at radius 1 is 1.12 bits per heavy atom. The van der Waals surface area contributed by atoms with Crippen LogP contribution in [0.1, 0.15) is 15.9 Å². The second-order valence-electron chi connectivity index (χ2n) is 4.74. The van der Waals surface area contributed by atoms with Crippen LogP contribution in [0.15, 0.2) is 42.5 Å². The molecule has 2 aromatic carbocycles. The number of urea groups is 1. The molecule has 0 aliphatic heterocycles. The summed E-state index contributed by atoms with van der Waals surface area (Å²) in [7, 11) is 1.28. The smallest absolute Gasteiger partial charge is 0.416 e.